The molecule has 3 aromatic rings. The van der Waals surface area contributed by atoms with Gasteiger partial charge in [-0.15, -0.1) is 0 Å². The lowest BCUT2D eigenvalue weighted by atomic mass is 9.51. The number of fused-ring (bicyclic) bond motifs is 3. The van der Waals surface area contributed by atoms with Gasteiger partial charge in [0.25, 0.3) is 0 Å². The Morgan fingerprint density at radius 2 is 1.45 bits per heavy atom. The first-order valence-corrected chi connectivity index (χ1v) is 20.6. The number of H-pyrrole nitrogens is 2. The monoisotopic (exact) mass is 751 g/mol. The maximum atomic E-state index is 13.7. The molecular formula is C44H61N7O4. The number of nitrogens with zero attached hydrogens (tertiary/aromatic N) is 4. The number of aromatic nitrogens is 4. The summed E-state index contributed by atoms with van der Waals surface area (Å²) < 4.78 is 4.80. The lowest BCUT2D eigenvalue weighted by Crippen LogP contribution is -2.51. The van der Waals surface area contributed by atoms with Gasteiger partial charge in [0.15, 0.2) is 0 Å². The molecule has 4 atom stereocenters. The third-order valence-electron chi connectivity index (χ3n) is 13.9. The number of hydrogen-bond donors (Lipinski definition) is 3. The number of aromatic amines is 2. The Morgan fingerprint density at radius 1 is 0.818 bits per heavy atom. The van der Waals surface area contributed by atoms with Crippen molar-refractivity contribution in [3.05, 3.63) is 70.7 Å². The fourth-order valence-electron chi connectivity index (χ4n) is 9.76. The van der Waals surface area contributed by atoms with Crippen molar-refractivity contribution >= 4 is 17.9 Å². The van der Waals surface area contributed by atoms with Crippen molar-refractivity contribution in [2.45, 2.75) is 135 Å². The average Bonchev–Trinajstić information content (AvgIpc) is 4.03. The molecule has 8 rings (SSSR count). The van der Waals surface area contributed by atoms with Crippen LogP contribution in [0, 0.1) is 17.8 Å². The van der Waals surface area contributed by atoms with Crippen LogP contribution in [-0.2, 0) is 25.2 Å². The number of likely N-dealkylation sites (tertiary alicyclic amines) is 2. The highest BCUT2D eigenvalue weighted by atomic mass is 16.5. The summed E-state index contributed by atoms with van der Waals surface area (Å²) in [6.07, 6.45) is 12.6. The first-order chi connectivity index (χ1) is 26.3. The van der Waals surface area contributed by atoms with Crippen LogP contribution in [0.15, 0.2) is 47.8 Å². The molecule has 0 unspecified atom stereocenters. The minimum atomic E-state index is -0.647. The molecule has 2 saturated heterocycles. The van der Waals surface area contributed by atoms with Crippen LogP contribution in [0.4, 0.5) is 4.79 Å². The van der Waals surface area contributed by atoms with Crippen LogP contribution in [0.25, 0.3) is 11.3 Å². The molecule has 2 bridgehead atoms. The Labute approximate surface area is 326 Å². The molecule has 296 valence electrons. The Morgan fingerprint density at radius 3 is 2.07 bits per heavy atom. The number of imidazole rings is 2. The quantitative estimate of drug-likeness (QED) is 0.179. The van der Waals surface area contributed by atoms with E-state index in [0.717, 1.165) is 80.7 Å². The third-order valence-corrected chi connectivity index (χ3v) is 13.9. The van der Waals surface area contributed by atoms with Crippen molar-refractivity contribution in [3.63, 3.8) is 0 Å². The molecule has 5 fully saturated rings. The van der Waals surface area contributed by atoms with E-state index >= 15 is 0 Å². The van der Waals surface area contributed by atoms with E-state index in [-0.39, 0.29) is 52.5 Å². The van der Waals surface area contributed by atoms with E-state index in [1.54, 1.807) is 0 Å². The number of allylic oxidation sites excluding steroid dienone is 1. The molecule has 3 N–H and O–H groups in total. The second-order valence-electron chi connectivity index (χ2n) is 17.9. The first-order valence-electron chi connectivity index (χ1n) is 20.6. The average molecular weight is 752 g/mol. The standard InChI is InChI=1S/C44H61N7O4/c1-26(2)29(7)40(52)51-25-31(27(3)4)22-35(51)39-45-23-33(47-39)30-11-13-32(14-12-30)43-15-18-44(19-16-43,20-17-43)36-24-46-38(48-36)34-10-9-21-50(34)41(53)37(28(5)6)49-42(54)55-8/h11-14,23-24,26,28-29,34-35,37H,9-10,15-22,25H2,1-8H3,(H,45,47)(H,46,48)(H,49,54)/t29-,34-,35-,37-,43?,44?/m0/s1. The lowest BCUT2D eigenvalue weighted by Gasteiger charge is -2.53. The van der Waals surface area contributed by atoms with Gasteiger partial charge in [-0.1, -0.05) is 64.5 Å². The predicted octanol–water partition coefficient (Wildman–Crippen LogP) is 8.29. The number of nitrogens with one attached hydrogen (secondary N) is 3. The largest absolute Gasteiger partial charge is 0.453 e. The van der Waals surface area contributed by atoms with Gasteiger partial charge in [-0.2, -0.15) is 0 Å². The summed E-state index contributed by atoms with van der Waals surface area (Å²) in [6, 6.07) is 8.27. The van der Waals surface area contributed by atoms with Crippen molar-refractivity contribution in [2.24, 2.45) is 17.8 Å². The predicted molar refractivity (Wildman–Crippen MR) is 213 cm³/mol. The SMILES string of the molecule is COC(=O)N[C@H](C(=O)N1CCC[C@H]1c1ncc(C23CCC(c4ccc(-c5cnc([C@@H]6CC(=C(C)C)CN6C(=O)[C@@H](C)C(C)C)[nH]5)cc4)(CC2)CC3)[nH]1)C(C)C. The maximum absolute atomic E-state index is 13.7. The van der Waals surface area contributed by atoms with Gasteiger partial charge in [-0.3, -0.25) is 9.59 Å². The van der Waals surface area contributed by atoms with Gasteiger partial charge in [0, 0.05) is 36.3 Å². The topological polar surface area (TPSA) is 136 Å². The van der Waals surface area contributed by atoms with Gasteiger partial charge in [-0.05, 0) is 106 Å². The molecule has 4 heterocycles. The number of rotatable bonds is 10. The Balaban J connectivity index is 1.02. The summed E-state index contributed by atoms with van der Waals surface area (Å²) in [5, 5.41) is 2.75. The number of hydrogen-bond acceptors (Lipinski definition) is 6. The Hall–Kier alpha value is -4.41. The Kier molecular flexibility index (Phi) is 10.8. The molecule has 55 heavy (non-hydrogen) atoms. The van der Waals surface area contributed by atoms with Crippen LogP contribution in [0.5, 0.6) is 0 Å². The number of benzene rings is 1. The van der Waals surface area contributed by atoms with Crippen LogP contribution >= 0.6 is 0 Å². The number of carbonyl (C=O) groups is 3. The maximum Gasteiger partial charge on any atom is 0.407 e. The zero-order chi connectivity index (χ0) is 39.2. The second kappa shape index (κ2) is 15.3. The zero-order valence-electron chi connectivity index (χ0n) is 34.1. The van der Waals surface area contributed by atoms with Crippen molar-refractivity contribution in [1.29, 1.82) is 0 Å². The summed E-state index contributed by atoms with van der Waals surface area (Å²) >= 11 is 0. The number of alkyl carbamates (subject to hydrolysis) is 1. The molecule has 3 saturated carbocycles. The van der Waals surface area contributed by atoms with Crippen molar-refractivity contribution in [1.82, 2.24) is 35.1 Å². The van der Waals surface area contributed by atoms with E-state index in [9.17, 15) is 14.4 Å². The molecule has 1 aromatic carbocycles. The third kappa shape index (κ3) is 7.24. The van der Waals surface area contributed by atoms with E-state index in [1.165, 1.54) is 29.5 Å². The number of methoxy groups -OCH3 is 1. The van der Waals surface area contributed by atoms with Gasteiger partial charge in [0.1, 0.15) is 17.7 Å². The number of carbonyl (C=O) groups excluding carboxylic acids is 3. The minimum Gasteiger partial charge on any atom is -0.453 e. The first kappa shape index (κ1) is 38.8. The second-order valence-corrected chi connectivity index (χ2v) is 17.9. The van der Waals surface area contributed by atoms with Gasteiger partial charge >= 0.3 is 6.09 Å². The molecular weight excluding hydrogens is 691 g/mol. The van der Waals surface area contributed by atoms with Crippen molar-refractivity contribution < 1.29 is 19.1 Å². The van der Waals surface area contributed by atoms with E-state index in [2.05, 4.69) is 67.2 Å². The molecule has 2 aliphatic heterocycles. The van der Waals surface area contributed by atoms with Gasteiger partial charge < -0.3 is 29.8 Å². The molecule has 3 amide bonds. The van der Waals surface area contributed by atoms with Crippen LogP contribution in [-0.4, -0.2) is 73.9 Å². The zero-order valence-corrected chi connectivity index (χ0v) is 34.1. The molecule has 11 heteroatoms. The highest BCUT2D eigenvalue weighted by Crippen LogP contribution is 2.58. The van der Waals surface area contributed by atoms with Gasteiger partial charge in [0.05, 0.1) is 31.1 Å². The molecule has 5 aliphatic rings. The Bertz CT molecular complexity index is 1890. The molecule has 0 radical (unpaired) electrons. The van der Waals surface area contributed by atoms with E-state index in [4.69, 9.17) is 14.7 Å². The normalized spacial score (nSPS) is 26.2. The summed E-state index contributed by atoms with van der Waals surface area (Å²) in [4.78, 5) is 60.2. The van der Waals surface area contributed by atoms with E-state index < -0.39 is 12.1 Å². The number of ether oxygens (including phenoxy) is 1. The summed E-state index contributed by atoms with van der Waals surface area (Å²) in [5.41, 5.74) is 7.57. The molecule has 11 nitrogen and oxygen atoms in total. The van der Waals surface area contributed by atoms with Gasteiger partial charge in [0.2, 0.25) is 11.8 Å². The molecule has 2 aromatic heterocycles. The number of amides is 3. The lowest BCUT2D eigenvalue weighted by molar-refractivity contribution is -0.137. The molecule has 0 spiro atoms. The van der Waals surface area contributed by atoms with Crippen molar-refractivity contribution in [2.75, 3.05) is 20.2 Å². The smallest absolute Gasteiger partial charge is 0.407 e. The highest BCUT2D eigenvalue weighted by molar-refractivity contribution is 5.86. The van der Waals surface area contributed by atoms with Crippen molar-refractivity contribution in [3.8, 4) is 11.3 Å². The van der Waals surface area contributed by atoms with Crippen LogP contribution in [0.3, 0.4) is 0 Å². The highest BCUT2D eigenvalue weighted by Gasteiger charge is 2.51. The van der Waals surface area contributed by atoms with E-state index in [1.807, 2.05) is 43.0 Å². The van der Waals surface area contributed by atoms with Crippen LogP contribution < -0.4 is 5.32 Å². The minimum absolute atomic E-state index is 0.0379. The van der Waals surface area contributed by atoms with E-state index in [0.29, 0.717) is 13.1 Å². The fraction of sp³-hybridized carbons (Fsp3) is 0.614. The van der Waals surface area contributed by atoms with Crippen LogP contribution in [0.1, 0.15) is 141 Å². The van der Waals surface area contributed by atoms with Crippen LogP contribution in [0.2, 0.25) is 0 Å². The fourth-order valence-corrected chi connectivity index (χ4v) is 9.76. The summed E-state index contributed by atoms with van der Waals surface area (Å²) in [5.74, 6) is 2.01. The van der Waals surface area contributed by atoms with Gasteiger partial charge in [-0.25, -0.2) is 14.8 Å². The molecule has 3 aliphatic carbocycles. The summed E-state index contributed by atoms with van der Waals surface area (Å²) in [6.45, 7) is 15.7. The summed E-state index contributed by atoms with van der Waals surface area (Å²) in [7, 11) is 1.32.